The Morgan fingerprint density at radius 1 is 1.52 bits per heavy atom. The molecule has 0 spiro atoms. The van der Waals surface area contributed by atoms with Gasteiger partial charge in [-0.1, -0.05) is 0 Å². The molecule has 1 aromatic rings. The second-order valence-corrected chi connectivity index (χ2v) is 5.74. The number of nitrogens with one attached hydrogen (secondary N) is 1. The van der Waals surface area contributed by atoms with Crippen LogP contribution in [0.4, 0.5) is 15.8 Å². The van der Waals surface area contributed by atoms with Gasteiger partial charge in [0.1, 0.15) is 5.82 Å². The third kappa shape index (κ3) is 4.41. The van der Waals surface area contributed by atoms with Gasteiger partial charge in [0.15, 0.2) is 0 Å². The van der Waals surface area contributed by atoms with Crippen molar-refractivity contribution in [3.8, 4) is 0 Å². The van der Waals surface area contributed by atoms with E-state index >= 15 is 0 Å². The molecule has 1 amide bonds. The number of nitrogens with zero attached hydrogens (tertiary/aromatic N) is 2. The number of likely N-dealkylation sites (tertiary alicyclic amines) is 1. The van der Waals surface area contributed by atoms with Crippen molar-refractivity contribution >= 4 is 17.3 Å². The number of nitrogens with two attached hydrogens (primary N) is 1. The highest BCUT2D eigenvalue weighted by Crippen LogP contribution is 2.18. The molecule has 5 nitrogen and oxygen atoms in total. The summed E-state index contributed by atoms with van der Waals surface area (Å²) in [6.45, 7) is 2.68. The van der Waals surface area contributed by atoms with Crippen LogP contribution in [0, 0.1) is 5.82 Å². The van der Waals surface area contributed by atoms with Crippen LogP contribution < -0.4 is 11.1 Å². The first-order chi connectivity index (χ1) is 9.95. The van der Waals surface area contributed by atoms with Gasteiger partial charge in [0.2, 0.25) is 5.91 Å². The largest absolute Gasteiger partial charge is 0.399 e. The molecule has 0 saturated carbocycles. The maximum Gasteiger partial charge on any atom is 0.225 e. The standard InChI is InChI=1S/C15H23FN4O/c1-19(2)12-5-7-20(10-12)8-6-15(21)18-14-9-11(17)3-4-13(14)16/h3-4,9,12H,5-8,10,17H2,1-2H3,(H,18,21). The minimum atomic E-state index is -0.466. The summed E-state index contributed by atoms with van der Waals surface area (Å²) in [6.07, 6.45) is 1.48. The molecule has 0 aliphatic carbocycles. The molecule has 1 fully saturated rings. The lowest BCUT2D eigenvalue weighted by atomic mass is 10.2. The molecule has 1 unspecified atom stereocenters. The number of carbonyl (C=O) groups is 1. The summed E-state index contributed by atoms with van der Waals surface area (Å²) in [6, 6.07) is 4.72. The quantitative estimate of drug-likeness (QED) is 0.805. The number of anilines is 2. The molecule has 21 heavy (non-hydrogen) atoms. The van der Waals surface area contributed by atoms with Gasteiger partial charge < -0.3 is 20.9 Å². The Kier molecular flexibility index (Phi) is 5.14. The van der Waals surface area contributed by atoms with E-state index in [0.29, 0.717) is 24.7 Å². The minimum Gasteiger partial charge on any atom is -0.399 e. The van der Waals surface area contributed by atoms with Crippen molar-refractivity contribution < 1.29 is 9.18 Å². The van der Waals surface area contributed by atoms with Crippen LogP contribution >= 0.6 is 0 Å². The van der Waals surface area contributed by atoms with Gasteiger partial charge in [0.25, 0.3) is 0 Å². The van der Waals surface area contributed by atoms with E-state index < -0.39 is 5.82 Å². The fourth-order valence-corrected chi connectivity index (χ4v) is 2.55. The van der Waals surface area contributed by atoms with Crippen molar-refractivity contribution in [2.75, 3.05) is 44.8 Å². The topological polar surface area (TPSA) is 61.6 Å². The van der Waals surface area contributed by atoms with Crippen molar-refractivity contribution in [3.63, 3.8) is 0 Å². The molecule has 1 aliphatic heterocycles. The molecule has 116 valence electrons. The van der Waals surface area contributed by atoms with Gasteiger partial charge in [-0.05, 0) is 45.3 Å². The maximum atomic E-state index is 13.5. The highest BCUT2D eigenvalue weighted by molar-refractivity contribution is 5.91. The first-order valence-electron chi connectivity index (χ1n) is 7.19. The summed E-state index contributed by atoms with van der Waals surface area (Å²) < 4.78 is 13.5. The molecular formula is C15H23FN4O. The average molecular weight is 294 g/mol. The van der Waals surface area contributed by atoms with Crippen molar-refractivity contribution in [1.82, 2.24) is 9.80 Å². The predicted octanol–water partition coefficient (Wildman–Crippen LogP) is 1.37. The summed E-state index contributed by atoms with van der Waals surface area (Å²) >= 11 is 0. The summed E-state index contributed by atoms with van der Waals surface area (Å²) in [5.74, 6) is -0.654. The van der Waals surface area contributed by atoms with Crippen molar-refractivity contribution in [3.05, 3.63) is 24.0 Å². The van der Waals surface area contributed by atoms with E-state index in [9.17, 15) is 9.18 Å². The summed E-state index contributed by atoms with van der Waals surface area (Å²) in [4.78, 5) is 16.4. The third-order valence-corrected chi connectivity index (χ3v) is 3.90. The molecule has 1 aliphatic rings. The highest BCUT2D eigenvalue weighted by Gasteiger charge is 2.23. The number of amides is 1. The van der Waals surface area contributed by atoms with E-state index in [1.807, 2.05) is 0 Å². The van der Waals surface area contributed by atoms with Gasteiger partial charge in [-0.25, -0.2) is 4.39 Å². The van der Waals surface area contributed by atoms with Crippen molar-refractivity contribution in [2.45, 2.75) is 18.9 Å². The molecule has 1 atom stereocenters. The van der Waals surface area contributed by atoms with Crippen LogP contribution in [0.25, 0.3) is 0 Å². The number of carbonyl (C=O) groups excluding carboxylic acids is 1. The van der Waals surface area contributed by atoms with E-state index in [-0.39, 0.29) is 11.6 Å². The SMILES string of the molecule is CN(C)C1CCN(CCC(=O)Nc2cc(N)ccc2F)C1. The summed E-state index contributed by atoms with van der Waals surface area (Å²) in [5.41, 5.74) is 6.17. The van der Waals surface area contributed by atoms with Crippen LogP contribution in [0.5, 0.6) is 0 Å². The normalized spacial score (nSPS) is 19.1. The number of hydrogen-bond donors (Lipinski definition) is 2. The van der Waals surface area contributed by atoms with Crippen LogP contribution in [0.1, 0.15) is 12.8 Å². The van der Waals surface area contributed by atoms with E-state index in [4.69, 9.17) is 5.73 Å². The second-order valence-electron chi connectivity index (χ2n) is 5.74. The zero-order valence-electron chi connectivity index (χ0n) is 12.6. The fourth-order valence-electron chi connectivity index (χ4n) is 2.55. The summed E-state index contributed by atoms with van der Waals surface area (Å²) in [5, 5.41) is 2.58. The van der Waals surface area contributed by atoms with Crippen LogP contribution in [0.3, 0.4) is 0 Å². The Labute approximate surface area is 124 Å². The number of nitrogen functional groups attached to an aromatic ring is 1. The Morgan fingerprint density at radius 3 is 2.95 bits per heavy atom. The van der Waals surface area contributed by atoms with E-state index in [1.54, 1.807) is 0 Å². The van der Waals surface area contributed by atoms with E-state index in [0.717, 1.165) is 19.5 Å². The highest BCUT2D eigenvalue weighted by atomic mass is 19.1. The zero-order chi connectivity index (χ0) is 15.4. The predicted molar refractivity (Wildman–Crippen MR) is 82.6 cm³/mol. The van der Waals surface area contributed by atoms with Gasteiger partial charge in [0.05, 0.1) is 5.69 Å². The molecule has 0 radical (unpaired) electrons. The number of halogens is 1. The fraction of sp³-hybridized carbons (Fsp3) is 0.533. The van der Waals surface area contributed by atoms with E-state index in [2.05, 4.69) is 29.2 Å². The first-order valence-corrected chi connectivity index (χ1v) is 7.19. The van der Waals surface area contributed by atoms with Gasteiger partial charge in [-0.3, -0.25) is 4.79 Å². The monoisotopic (exact) mass is 294 g/mol. The van der Waals surface area contributed by atoms with Crippen LogP contribution in [-0.4, -0.2) is 55.5 Å². The molecule has 1 heterocycles. The lowest BCUT2D eigenvalue weighted by Crippen LogP contribution is -2.32. The minimum absolute atomic E-state index is 0.146. The second kappa shape index (κ2) is 6.87. The Bertz CT molecular complexity index is 506. The van der Waals surface area contributed by atoms with Crippen LogP contribution in [0.2, 0.25) is 0 Å². The molecule has 1 saturated heterocycles. The molecule has 3 N–H and O–H groups in total. The molecule has 2 rings (SSSR count). The zero-order valence-corrected chi connectivity index (χ0v) is 12.6. The molecule has 6 heteroatoms. The van der Waals surface area contributed by atoms with Crippen LogP contribution in [-0.2, 0) is 4.79 Å². The smallest absolute Gasteiger partial charge is 0.225 e. The number of rotatable bonds is 5. The Balaban J connectivity index is 1.79. The van der Waals surface area contributed by atoms with Crippen molar-refractivity contribution in [1.29, 1.82) is 0 Å². The lowest BCUT2D eigenvalue weighted by molar-refractivity contribution is -0.116. The maximum absolute atomic E-state index is 13.5. The van der Waals surface area contributed by atoms with Gasteiger partial charge in [0, 0.05) is 31.2 Å². The van der Waals surface area contributed by atoms with Crippen LogP contribution in [0.15, 0.2) is 18.2 Å². The molecular weight excluding hydrogens is 271 g/mol. The number of likely N-dealkylation sites (N-methyl/N-ethyl adjacent to an activating group) is 1. The Hall–Kier alpha value is -1.66. The number of hydrogen-bond acceptors (Lipinski definition) is 4. The van der Waals surface area contributed by atoms with E-state index in [1.165, 1.54) is 18.2 Å². The molecule has 0 aromatic heterocycles. The average Bonchev–Trinajstić information content (AvgIpc) is 2.90. The van der Waals surface area contributed by atoms with Crippen molar-refractivity contribution in [2.24, 2.45) is 0 Å². The lowest BCUT2D eigenvalue weighted by Gasteiger charge is -2.20. The molecule has 1 aromatic carbocycles. The van der Waals surface area contributed by atoms with Gasteiger partial charge in [-0.2, -0.15) is 0 Å². The van der Waals surface area contributed by atoms with Gasteiger partial charge in [-0.15, -0.1) is 0 Å². The summed E-state index contributed by atoms with van der Waals surface area (Å²) in [7, 11) is 4.15. The van der Waals surface area contributed by atoms with Gasteiger partial charge >= 0.3 is 0 Å². The third-order valence-electron chi connectivity index (χ3n) is 3.90. The number of benzene rings is 1. The Morgan fingerprint density at radius 2 is 2.29 bits per heavy atom. The first kappa shape index (κ1) is 15.7. The molecule has 0 bridgehead atoms.